The van der Waals surface area contributed by atoms with E-state index < -0.39 is 0 Å². The molecule has 0 saturated carbocycles. The molecule has 4 nitrogen and oxygen atoms in total. The molecule has 0 bridgehead atoms. The Hall–Kier alpha value is -4.35. The van der Waals surface area contributed by atoms with Crippen LogP contribution in [0.4, 0.5) is 5.69 Å². The Kier molecular flexibility index (Phi) is 9.96. The lowest BCUT2D eigenvalue weighted by molar-refractivity contribution is 0.267. The third kappa shape index (κ3) is 7.18. The summed E-state index contributed by atoms with van der Waals surface area (Å²) in [5.74, 6) is 1.07. The Morgan fingerprint density at radius 2 is 1.42 bits per heavy atom. The lowest BCUT2D eigenvalue weighted by Crippen LogP contribution is -2.06. The van der Waals surface area contributed by atoms with E-state index in [1.165, 1.54) is 16.7 Å². The molecule has 218 valence electrons. The summed E-state index contributed by atoms with van der Waals surface area (Å²) in [6.07, 6.45) is 0.879. The molecule has 0 amide bonds. The van der Waals surface area contributed by atoms with Crippen LogP contribution in [0.25, 0.3) is 16.7 Å². The van der Waals surface area contributed by atoms with Crippen molar-refractivity contribution in [1.29, 1.82) is 0 Å². The van der Waals surface area contributed by atoms with Gasteiger partial charge in [0, 0.05) is 40.0 Å². The van der Waals surface area contributed by atoms with Crippen LogP contribution < -0.4 is 14.8 Å². The lowest BCUT2D eigenvalue weighted by Gasteiger charge is -2.22. The molecule has 4 aromatic carbocycles. The first kappa shape index (κ1) is 30.1. The average molecular weight is 634 g/mol. The van der Waals surface area contributed by atoms with Crippen molar-refractivity contribution in [2.24, 2.45) is 0 Å². The molecule has 5 rings (SSSR count). The number of allylic oxidation sites excluding steroid dienone is 1. The van der Waals surface area contributed by atoms with Gasteiger partial charge >= 0.3 is 0 Å². The van der Waals surface area contributed by atoms with E-state index in [0.29, 0.717) is 25.0 Å². The van der Waals surface area contributed by atoms with Gasteiger partial charge in [-0.3, -0.25) is 0 Å². The molecule has 0 spiro atoms. The molecule has 1 heterocycles. The van der Waals surface area contributed by atoms with Crippen LogP contribution in [0.5, 0.6) is 11.8 Å². The van der Waals surface area contributed by atoms with Crippen LogP contribution >= 0.6 is 15.9 Å². The molecule has 0 aliphatic carbocycles. The highest BCUT2D eigenvalue weighted by Gasteiger charge is 2.21. The van der Waals surface area contributed by atoms with Crippen molar-refractivity contribution < 1.29 is 9.47 Å². The predicted octanol–water partition coefficient (Wildman–Crippen LogP) is 10.3. The predicted molar refractivity (Wildman–Crippen MR) is 182 cm³/mol. The first-order valence-corrected chi connectivity index (χ1v) is 15.4. The number of pyridine rings is 1. The van der Waals surface area contributed by atoms with Gasteiger partial charge in [0.1, 0.15) is 13.2 Å². The Balaban J connectivity index is 1.61. The molecule has 0 aliphatic heterocycles. The summed E-state index contributed by atoms with van der Waals surface area (Å²) in [4.78, 5) is 4.92. The van der Waals surface area contributed by atoms with Gasteiger partial charge in [0.2, 0.25) is 11.8 Å². The van der Waals surface area contributed by atoms with E-state index in [2.05, 4.69) is 96.6 Å². The number of rotatable bonds is 11. The zero-order chi connectivity index (χ0) is 30.2. The fourth-order valence-electron chi connectivity index (χ4n) is 5.23. The van der Waals surface area contributed by atoms with Gasteiger partial charge in [-0.05, 0) is 66.3 Å². The number of para-hydroxylation sites is 1. The molecule has 43 heavy (non-hydrogen) atoms. The van der Waals surface area contributed by atoms with Crippen LogP contribution in [-0.2, 0) is 13.2 Å². The van der Waals surface area contributed by atoms with Crippen molar-refractivity contribution in [2.45, 2.75) is 40.4 Å². The molecule has 5 heteroatoms. The third-order valence-electron chi connectivity index (χ3n) is 7.57. The van der Waals surface area contributed by atoms with Crippen LogP contribution in [0.1, 0.15) is 48.1 Å². The molecule has 0 unspecified atom stereocenters. The number of nitrogens with one attached hydrogen (secondary N) is 1. The third-order valence-corrected chi connectivity index (χ3v) is 8.06. The summed E-state index contributed by atoms with van der Waals surface area (Å²) in [6, 6.07) is 37.2. The minimum absolute atomic E-state index is 0.401. The fraction of sp³-hybridized carbons (Fsp3) is 0.184. The number of aryl methyl sites for hydroxylation is 1. The largest absolute Gasteiger partial charge is 0.473 e. The molecule has 5 aromatic rings. The number of anilines is 1. The fourth-order valence-corrected chi connectivity index (χ4v) is 5.70. The normalized spacial score (nSPS) is 11.6. The standard InChI is InChI=1S/C38H37BrN2O2/c1-5-26(2)36(33-18-12-17-32(37(33)40-4)31-20-19-30(39)23-27(31)3)34-21-22-35(42-24-28-13-8-6-9-14-28)41-38(34)43-25-29-15-10-7-11-16-29/h6-23,40H,5,24-25H2,1-4H3. The van der Waals surface area contributed by atoms with Crippen LogP contribution in [0.2, 0.25) is 0 Å². The van der Waals surface area contributed by atoms with E-state index in [9.17, 15) is 0 Å². The smallest absolute Gasteiger partial charge is 0.225 e. The molecule has 0 fully saturated rings. The molecule has 0 atom stereocenters. The van der Waals surface area contributed by atoms with E-state index in [1.807, 2.05) is 61.6 Å². The topological polar surface area (TPSA) is 43.4 Å². The van der Waals surface area contributed by atoms with E-state index >= 15 is 0 Å². The van der Waals surface area contributed by atoms with Crippen LogP contribution in [0.15, 0.2) is 119 Å². The number of benzene rings is 4. The molecular weight excluding hydrogens is 596 g/mol. The average Bonchev–Trinajstić information content (AvgIpc) is 3.04. The van der Waals surface area contributed by atoms with Gasteiger partial charge in [-0.2, -0.15) is 4.98 Å². The van der Waals surface area contributed by atoms with Crippen molar-refractivity contribution in [3.63, 3.8) is 0 Å². The maximum absolute atomic E-state index is 6.48. The zero-order valence-electron chi connectivity index (χ0n) is 25.2. The second kappa shape index (κ2) is 14.2. The molecule has 0 radical (unpaired) electrons. The Bertz CT molecular complexity index is 1720. The monoisotopic (exact) mass is 632 g/mol. The maximum atomic E-state index is 6.48. The van der Waals surface area contributed by atoms with E-state index in [0.717, 1.165) is 50.0 Å². The second-order valence-electron chi connectivity index (χ2n) is 10.5. The van der Waals surface area contributed by atoms with Crippen molar-refractivity contribution in [3.05, 3.63) is 147 Å². The van der Waals surface area contributed by atoms with Crippen molar-refractivity contribution in [1.82, 2.24) is 4.98 Å². The van der Waals surface area contributed by atoms with Gasteiger partial charge < -0.3 is 14.8 Å². The molecule has 1 N–H and O–H groups in total. The zero-order valence-corrected chi connectivity index (χ0v) is 26.7. The van der Waals surface area contributed by atoms with Gasteiger partial charge in [-0.1, -0.05) is 113 Å². The number of hydrogen-bond donors (Lipinski definition) is 1. The van der Waals surface area contributed by atoms with Crippen molar-refractivity contribution in [3.8, 4) is 22.9 Å². The molecule has 0 aliphatic rings. The first-order valence-electron chi connectivity index (χ1n) is 14.6. The van der Waals surface area contributed by atoms with Crippen LogP contribution in [0, 0.1) is 6.92 Å². The van der Waals surface area contributed by atoms with Crippen molar-refractivity contribution >= 4 is 27.2 Å². The Morgan fingerprint density at radius 1 is 0.744 bits per heavy atom. The van der Waals surface area contributed by atoms with Gasteiger partial charge in [0.25, 0.3) is 0 Å². The van der Waals surface area contributed by atoms with E-state index in [1.54, 1.807) is 0 Å². The Morgan fingerprint density at radius 3 is 2.05 bits per heavy atom. The number of nitrogens with zero attached hydrogens (tertiary/aromatic N) is 1. The van der Waals surface area contributed by atoms with Gasteiger partial charge in [0.05, 0.1) is 0 Å². The van der Waals surface area contributed by atoms with Crippen molar-refractivity contribution in [2.75, 3.05) is 12.4 Å². The summed E-state index contributed by atoms with van der Waals surface area (Å²) >= 11 is 3.62. The summed E-state index contributed by atoms with van der Waals surface area (Å²) in [5.41, 5.74) is 11.1. The SMILES string of the molecule is CCC(C)=C(c1ccc(OCc2ccccc2)nc1OCc1ccccc1)c1cccc(-c2ccc(Br)cc2C)c1NC. The number of hydrogen-bond acceptors (Lipinski definition) is 4. The van der Waals surface area contributed by atoms with Gasteiger partial charge in [-0.25, -0.2) is 0 Å². The minimum Gasteiger partial charge on any atom is -0.473 e. The highest BCUT2D eigenvalue weighted by atomic mass is 79.9. The Labute approximate surface area is 263 Å². The van der Waals surface area contributed by atoms with Gasteiger partial charge in [0.15, 0.2) is 0 Å². The number of halogens is 1. The summed E-state index contributed by atoms with van der Waals surface area (Å²) in [7, 11) is 1.99. The lowest BCUT2D eigenvalue weighted by atomic mass is 9.88. The second-order valence-corrected chi connectivity index (χ2v) is 11.4. The van der Waals surface area contributed by atoms with E-state index in [4.69, 9.17) is 14.5 Å². The molecule has 0 saturated heterocycles. The van der Waals surface area contributed by atoms with Gasteiger partial charge in [-0.15, -0.1) is 0 Å². The highest BCUT2D eigenvalue weighted by Crippen LogP contribution is 2.42. The molecule has 1 aromatic heterocycles. The summed E-state index contributed by atoms with van der Waals surface area (Å²) in [6.45, 7) is 7.35. The highest BCUT2D eigenvalue weighted by molar-refractivity contribution is 9.10. The minimum atomic E-state index is 0.401. The maximum Gasteiger partial charge on any atom is 0.225 e. The van der Waals surface area contributed by atoms with E-state index in [-0.39, 0.29) is 0 Å². The summed E-state index contributed by atoms with van der Waals surface area (Å²) < 4.78 is 13.7. The molecular formula is C38H37BrN2O2. The van der Waals surface area contributed by atoms with Crippen LogP contribution in [-0.4, -0.2) is 12.0 Å². The number of aromatic nitrogens is 1. The first-order chi connectivity index (χ1) is 21.0. The van der Waals surface area contributed by atoms with Crippen LogP contribution in [0.3, 0.4) is 0 Å². The number of ether oxygens (including phenoxy) is 2. The summed E-state index contributed by atoms with van der Waals surface area (Å²) in [5, 5.41) is 3.53. The quantitative estimate of drug-likeness (QED) is 0.157.